The van der Waals surface area contributed by atoms with Gasteiger partial charge in [0.15, 0.2) is 16.7 Å². The van der Waals surface area contributed by atoms with Crippen LogP contribution in [-0.4, -0.2) is 39.1 Å². The number of anilines is 1. The Kier molecular flexibility index (Phi) is 6.08. The average molecular weight is 439 g/mol. The second-order valence-corrected chi connectivity index (χ2v) is 7.90. The van der Waals surface area contributed by atoms with E-state index in [-0.39, 0.29) is 24.4 Å². The summed E-state index contributed by atoms with van der Waals surface area (Å²) < 4.78 is 12.4. The van der Waals surface area contributed by atoms with Crippen LogP contribution in [0, 0.1) is 6.92 Å². The fourth-order valence-corrected chi connectivity index (χ4v) is 3.64. The van der Waals surface area contributed by atoms with Crippen LogP contribution in [0.1, 0.15) is 21.5 Å². The van der Waals surface area contributed by atoms with Gasteiger partial charge in [0.05, 0.1) is 5.75 Å². The zero-order valence-corrected chi connectivity index (χ0v) is 17.9. The summed E-state index contributed by atoms with van der Waals surface area (Å²) in [7, 11) is 1.82. The highest BCUT2D eigenvalue weighted by atomic mass is 32.2. The van der Waals surface area contributed by atoms with Crippen molar-refractivity contribution in [3.05, 3.63) is 59.4 Å². The Morgan fingerprint density at radius 1 is 1.16 bits per heavy atom. The van der Waals surface area contributed by atoms with Gasteiger partial charge in [-0.25, -0.2) is 0 Å². The Morgan fingerprint density at radius 3 is 2.81 bits per heavy atom. The molecule has 4 rings (SSSR count). The number of hydrogen-bond donors (Lipinski definition) is 2. The van der Waals surface area contributed by atoms with Gasteiger partial charge in [0.1, 0.15) is 6.33 Å². The molecule has 160 valence electrons. The first-order valence-corrected chi connectivity index (χ1v) is 10.5. The molecule has 0 saturated heterocycles. The standard InChI is InChI=1S/C21H21N5O4S/c1-13-3-5-15(8-16(13)24-19(27)10-31-21-25-23-11-26(21)2)20(28)22-9-14-4-6-17-18(7-14)30-12-29-17/h3-8,11H,9-10,12H2,1-2H3,(H,22,28)(H,24,27). The van der Waals surface area contributed by atoms with Crippen LogP contribution in [0.2, 0.25) is 0 Å². The summed E-state index contributed by atoms with van der Waals surface area (Å²) in [6.45, 7) is 2.43. The maximum absolute atomic E-state index is 12.6. The second-order valence-electron chi connectivity index (χ2n) is 6.96. The molecule has 0 unspecified atom stereocenters. The lowest BCUT2D eigenvalue weighted by molar-refractivity contribution is -0.113. The van der Waals surface area contributed by atoms with Gasteiger partial charge in [0, 0.05) is 24.8 Å². The van der Waals surface area contributed by atoms with Crippen LogP contribution in [0.25, 0.3) is 0 Å². The minimum absolute atomic E-state index is 0.186. The van der Waals surface area contributed by atoms with E-state index in [1.54, 1.807) is 29.1 Å². The fourth-order valence-electron chi connectivity index (χ4n) is 2.95. The molecule has 9 nitrogen and oxygen atoms in total. The molecule has 0 saturated carbocycles. The molecule has 0 bridgehead atoms. The monoisotopic (exact) mass is 439 g/mol. The minimum atomic E-state index is -0.235. The van der Waals surface area contributed by atoms with Gasteiger partial charge in [0.2, 0.25) is 12.7 Å². The Hall–Kier alpha value is -3.53. The first kappa shape index (κ1) is 20.7. The van der Waals surface area contributed by atoms with Crippen molar-refractivity contribution in [3.63, 3.8) is 0 Å². The molecule has 0 atom stereocenters. The average Bonchev–Trinajstić information content (AvgIpc) is 3.40. The Labute approximate surface area is 183 Å². The van der Waals surface area contributed by atoms with Crippen molar-refractivity contribution in [2.24, 2.45) is 7.05 Å². The number of benzene rings is 2. The molecule has 2 amide bonds. The molecule has 2 aromatic carbocycles. The zero-order chi connectivity index (χ0) is 21.8. The maximum Gasteiger partial charge on any atom is 0.251 e. The molecular formula is C21H21N5O4S. The molecule has 0 aliphatic carbocycles. The van der Waals surface area contributed by atoms with E-state index in [0.29, 0.717) is 34.5 Å². The van der Waals surface area contributed by atoms with Gasteiger partial charge in [-0.05, 0) is 42.3 Å². The molecule has 2 heterocycles. The van der Waals surface area contributed by atoms with E-state index in [1.807, 2.05) is 32.2 Å². The number of ether oxygens (including phenoxy) is 2. The third-order valence-corrected chi connectivity index (χ3v) is 5.70. The fraction of sp³-hybridized carbons (Fsp3) is 0.238. The van der Waals surface area contributed by atoms with Gasteiger partial charge in [0.25, 0.3) is 5.91 Å². The number of hydrogen-bond acceptors (Lipinski definition) is 7. The van der Waals surface area contributed by atoms with Crippen molar-refractivity contribution in [1.29, 1.82) is 0 Å². The van der Waals surface area contributed by atoms with Crippen molar-refractivity contribution >= 4 is 29.3 Å². The highest BCUT2D eigenvalue weighted by molar-refractivity contribution is 7.99. The van der Waals surface area contributed by atoms with Crippen LogP contribution < -0.4 is 20.1 Å². The molecule has 1 aliphatic heterocycles. The Morgan fingerprint density at radius 2 is 2.00 bits per heavy atom. The number of nitrogens with one attached hydrogen (secondary N) is 2. The van der Waals surface area contributed by atoms with E-state index in [9.17, 15) is 9.59 Å². The summed E-state index contributed by atoms with van der Waals surface area (Å²) >= 11 is 1.29. The minimum Gasteiger partial charge on any atom is -0.454 e. The SMILES string of the molecule is Cc1ccc(C(=O)NCc2ccc3c(c2)OCO3)cc1NC(=O)CSc1nncn1C. The van der Waals surface area contributed by atoms with Gasteiger partial charge in [-0.1, -0.05) is 23.9 Å². The lowest BCUT2D eigenvalue weighted by Crippen LogP contribution is -2.23. The summed E-state index contributed by atoms with van der Waals surface area (Å²) in [5, 5.41) is 14.1. The van der Waals surface area contributed by atoms with Crippen LogP contribution in [0.3, 0.4) is 0 Å². The number of nitrogens with zero attached hydrogens (tertiary/aromatic N) is 3. The summed E-state index contributed by atoms with van der Waals surface area (Å²) in [5.41, 5.74) is 2.82. The molecule has 1 aromatic heterocycles. The van der Waals surface area contributed by atoms with Gasteiger partial charge >= 0.3 is 0 Å². The molecule has 10 heteroatoms. The van der Waals surface area contributed by atoms with E-state index in [1.165, 1.54) is 11.8 Å². The topological polar surface area (TPSA) is 107 Å². The van der Waals surface area contributed by atoms with E-state index in [2.05, 4.69) is 20.8 Å². The Bertz CT molecular complexity index is 1130. The van der Waals surface area contributed by atoms with E-state index in [0.717, 1.165) is 11.1 Å². The lowest BCUT2D eigenvalue weighted by atomic mass is 10.1. The zero-order valence-electron chi connectivity index (χ0n) is 17.0. The van der Waals surface area contributed by atoms with E-state index >= 15 is 0 Å². The van der Waals surface area contributed by atoms with Crippen molar-refractivity contribution in [2.45, 2.75) is 18.6 Å². The number of carbonyl (C=O) groups excluding carboxylic acids is 2. The highest BCUT2D eigenvalue weighted by Gasteiger charge is 2.15. The molecule has 2 N–H and O–H groups in total. The quantitative estimate of drug-likeness (QED) is 0.545. The molecule has 1 aliphatic rings. The highest BCUT2D eigenvalue weighted by Crippen LogP contribution is 2.32. The smallest absolute Gasteiger partial charge is 0.251 e. The number of carbonyl (C=O) groups is 2. The van der Waals surface area contributed by atoms with Crippen molar-refractivity contribution < 1.29 is 19.1 Å². The largest absolute Gasteiger partial charge is 0.454 e. The van der Waals surface area contributed by atoms with Crippen LogP contribution in [0.15, 0.2) is 47.9 Å². The summed E-state index contributed by atoms with van der Waals surface area (Å²) in [6, 6.07) is 10.8. The van der Waals surface area contributed by atoms with E-state index in [4.69, 9.17) is 9.47 Å². The molecular weight excluding hydrogens is 418 g/mol. The van der Waals surface area contributed by atoms with Crippen LogP contribution in [-0.2, 0) is 18.4 Å². The third kappa shape index (κ3) is 4.97. The van der Waals surface area contributed by atoms with E-state index < -0.39 is 0 Å². The van der Waals surface area contributed by atoms with Crippen molar-refractivity contribution in [3.8, 4) is 11.5 Å². The second kappa shape index (κ2) is 9.09. The normalized spacial score (nSPS) is 11.9. The number of aromatic nitrogens is 3. The number of rotatable bonds is 7. The Balaban J connectivity index is 1.35. The summed E-state index contributed by atoms with van der Waals surface area (Å²) in [5.74, 6) is 1.14. The molecule has 0 radical (unpaired) electrons. The van der Waals surface area contributed by atoms with Crippen LogP contribution >= 0.6 is 11.8 Å². The van der Waals surface area contributed by atoms with Gasteiger partial charge < -0.3 is 24.7 Å². The summed E-state index contributed by atoms with van der Waals surface area (Å²) in [6.07, 6.45) is 1.58. The maximum atomic E-state index is 12.6. The molecule has 0 spiro atoms. The molecule has 0 fully saturated rings. The lowest BCUT2D eigenvalue weighted by Gasteiger charge is -2.11. The first-order chi connectivity index (χ1) is 15.0. The van der Waals surface area contributed by atoms with Gasteiger partial charge in [-0.15, -0.1) is 10.2 Å². The third-order valence-electron chi connectivity index (χ3n) is 4.67. The van der Waals surface area contributed by atoms with Gasteiger partial charge in [-0.3, -0.25) is 9.59 Å². The predicted octanol–water partition coefficient (Wildman–Crippen LogP) is 2.51. The number of thioether (sulfide) groups is 1. The molecule has 3 aromatic rings. The van der Waals surface area contributed by atoms with Crippen LogP contribution in [0.5, 0.6) is 11.5 Å². The molecule has 31 heavy (non-hydrogen) atoms. The van der Waals surface area contributed by atoms with Crippen LogP contribution in [0.4, 0.5) is 5.69 Å². The van der Waals surface area contributed by atoms with Crippen molar-refractivity contribution in [1.82, 2.24) is 20.1 Å². The van der Waals surface area contributed by atoms with Crippen molar-refractivity contribution in [2.75, 3.05) is 17.9 Å². The number of aryl methyl sites for hydroxylation is 2. The first-order valence-electron chi connectivity index (χ1n) is 9.53. The number of fused-ring (bicyclic) bond motifs is 1. The van der Waals surface area contributed by atoms with Gasteiger partial charge in [-0.2, -0.15) is 0 Å². The number of amides is 2. The predicted molar refractivity (Wildman–Crippen MR) is 115 cm³/mol. The summed E-state index contributed by atoms with van der Waals surface area (Å²) in [4.78, 5) is 25.0.